The number of halogens is 1. The predicted molar refractivity (Wildman–Crippen MR) is 132 cm³/mol. The molecule has 3 aromatic rings. The Hall–Kier alpha value is -2.73. The Kier molecular flexibility index (Phi) is 6.57. The van der Waals surface area contributed by atoms with Crippen molar-refractivity contribution in [1.82, 2.24) is 15.3 Å². The molecule has 176 valence electrons. The molecule has 0 saturated heterocycles. The molecule has 1 aliphatic carbocycles. The van der Waals surface area contributed by atoms with Crippen LogP contribution in [-0.4, -0.2) is 35.1 Å². The minimum Gasteiger partial charge on any atom is -0.486 e. The molecule has 5 rings (SSSR count). The minimum absolute atomic E-state index is 0. The number of nitrogens with one attached hydrogen (secondary N) is 2. The van der Waals surface area contributed by atoms with Gasteiger partial charge in [-0.25, -0.2) is 4.98 Å². The van der Waals surface area contributed by atoms with Crippen LogP contribution in [0.3, 0.4) is 0 Å². The van der Waals surface area contributed by atoms with Crippen LogP contribution < -0.4 is 14.8 Å². The van der Waals surface area contributed by atoms with E-state index in [1.807, 2.05) is 6.07 Å². The van der Waals surface area contributed by atoms with Crippen molar-refractivity contribution in [3.63, 3.8) is 0 Å². The SMILES string of the molecule is CC(C)(C)c1ccc2nc(C3CCCC(NC(=O)c4ccc5c(c4)OCCO5)C3)[nH]c2c1.Cl. The second kappa shape index (κ2) is 9.26. The summed E-state index contributed by atoms with van der Waals surface area (Å²) in [6.07, 6.45) is 4.03. The van der Waals surface area contributed by atoms with Gasteiger partial charge >= 0.3 is 0 Å². The molecule has 1 saturated carbocycles. The molecule has 2 unspecified atom stereocenters. The van der Waals surface area contributed by atoms with Crippen LogP contribution in [-0.2, 0) is 5.41 Å². The van der Waals surface area contributed by atoms with Crippen molar-refractivity contribution in [1.29, 1.82) is 0 Å². The molecular formula is C26H32ClN3O3. The Labute approximate surface area is 200 Å². The highest BCUT2D eigenvalue weighted by Gasteiger charge is 2.27. The number of fused-ring (bicyclic) bond motifs is 2. The molecule has 1 fully saturated rings. The van der Waals surface area contributed by atoms with Gasteiger partial charge in [-0.1, -0.05) is 33.3 Å². The first-order valence-electron chi connectivity index (χ1n) is 11.6. The minimum atomic E-state index is -0.0629. The quantitative estimate of drug-likeness (QED) is 0.530. The van der Waals surface area contributed by atoms with Crippen molar-refractivity contribution < 1.29 is 14.3 Å². The summed E-state index contributed by atoms with van der Waals surface area (Å²) in [7, 11) is 0. The molecule has 2 aromatic carbocycles. The molecule has 2 aliphatic rings. The highest BCUT2D eigenvalue weighted by molar-refractivity contribution is 5.95. The van der Waals surface area contributed by atoms with Crippen molar-refractivity contribution in [3.8, 4) is 11.5 Å². The molecule has 33 heavy (non-hydrogen) atoms. The number of ether oxygens (including phenoxy) is 2. The largest absolute Gasteiger partial charge is 0.486 e. The van der Waals surface area contributed by atoms with Crippen LogP contribution >= 0.6 is 12.4 Å². The van der Waals surface area contributed by atoms with Gasteiger partial charge < -0.3 is 19.8 Å². The van der Waals surface area contributed by atoms with E-state index in [4.69, 9.17) is 14.5 Å². The number of carbonyl (C=O) groups excluding carboxylic acids is 1. The summed E-state index contributed by atoms with van der Waals surface area (Å²) in [5.41, 5.74) is 4.11. The zero-order valence-electron chi connectivity index (χ0n) is 19.4. The third kappa shape index (κ3) is 4.96. The van der Waals surface area contributed by atoms with E-state index in [1.165, 1.54) is 5.56 Å². The van der Waals surface area contributed by atoms with E-state index in [9.17, 15) is 4.79 Å². The van der Waals surface area contributed by atoms with Gasteiger partial charge in [0.2, 0.25) is 0 Å². The average molecular weight is 470 g/mol. The summed E-state index contributed by atoms with van der Waals surface area (Å²) < 4.78 is 11.2. The van der Waals surface area contributed by atoms with Gasteiger partial charge in [0.25, 0.3) is 5.91 Å². The van der Waals surface area contributed by atoms with Crippen LogP contribution in [0.5, 0.6) is 11.5 Å². The Morgan fingerprint density at radius 3 is 2.64 bits per heavy atom. The van der Waals surface area contributed by atoms with Gasteiger partial charge in [-0.15, -0.1) is 12.4 Å². The van der Waals surface area contributed by atoms with Crippen LogP contribution in [0.4, 0.5) is 0 Å². The van der Waals surface area contributed by atoms with Crippen LogP contribution in [0.15, 0.2) is 36.4 Å². The van der Waals surface area contributed by atoms with E-state index in [1.54, 1.807) is 12.1 Å². The molecule has 1 aromatic heterocycles. The van der Waals surface area contributed by atoms with E-state index >= 15 is 0 Å². The van der Waals surface area contributed by atoms with Crippen LogP contribution in [0, 0.1) is 0 Å². The number of benzene rings is 2. The summed E-state index contributed by atoms with van der Waals surface area (Å²) in [6.45, 7) is 7.73. The van der Waals surface area contributed by atoms with E-state index in [-0.39, 0.29) is 29.8 Å². The zero-order valence-corrected chi connectivity index (χ0v) is 20.3. The number of amides is 1. The molecule has 0 spiro atoms. The first-order valence-corrected chi connectivity index (χ1v) is 11.6. The molecule has 6 nitrogen and oxygen atoms in total. The lowest BCUT2D eigenvalue weighted by molar-refractivity contribution is 0.0923. The number of hydrogen-bond donors (Lipinski definition) is 2. The van der Waals surface area contributed by atoms with E-state index in [0.29, 0.717) is 36.2 Å². The van der Waals surface area contributed by atoms with Crippen molar-refractivity contribution in [2.75, 3.05) is 13.2 Å². The normalized spacial score (nSPS) is 20.2. The van der Waals surface area contributed by atoms with Gasteiger partial charge in [-0.3, -0.25) is 4.79 Å². The fourth-order valence-electron chi connectivity index (χ4n) is 4.71. The maximum absolute atomic E-state index is 12.9. The topological polar surface area (TPSA) is 76.2 Å². The first-order chi connectivity index (χ1) is 15.4. The van der Waals surface area contributed by atoms with Gasteiger partial charge in [0.1, 0.15) is 19.0 Å². The van der Waals surface area contributed by atoms with E-state index in [0.717, 1.165) is 42.5 Å². The molecule has 0 bridgehead atoms. The molecule has 2 heterocycles. The number of aromatic nitrogens is 2. The molecule has 0 radical (unpaired) electrons. The van der Waals surface area contributed by atoms with Crippen molar-refractivity contribution in [2.24, 2.45) is 0 Å². The lowest BCUT2D eigenvalue weighted by atomic mass is 9.85. The van der Waals surface area contributed by atoms with Gasteiger partial charge in [0.15, 0.2) is 11.5 Å². The number of H-pyrrole nitrogens is 1. The van der Waals surface area contributed by atoms with Crippen LogP contribution in [0.1, 0.15) is 74.1 Å². The molecule has 2 atom stereocenters. The molecule has 2 N–H and O–H groups in total. The average Bonchev–Trinajstić information content (AvgIpc) is 3.22. The standard InChI is InChI=1S/C26H31N3O3.ClH/c1-26(2,3)18-8-9-20-21(15-18)29-24(28-20)16-5-4-6-19(13-16)27-25(30)17-7-10-22-23(14-17)32-12-11-31-22;/h7-10,14-16,19H,4-6,11-13H2,1-3H3,(H,27,30)(H,28,29);1H. The van der Waals surface area contributed by atoms with Crippen molar-refractivity contribution >= 4 is 29.3 Å². The molecular weight excluding hydrogens is 438 g/mol. The van der Waals surface area contributed by atoms with Gasteiger partial charge in [0.05, 0.1) is 11.0 Å². The summed E-state index contributed by atoms with van der Waals surface area (Å²) in [4.78, 5) is 21.3. The Balaban J connectivity index is 0.00000259. The molecule has 7 heteroatoms. The fraction of sp³-hybridized carbons (Fsp3) is 0.462. The fourth-order valence-corrected chi connectivity index (χ4v) is 4.71. The highest BCUT2D eigenvalue weighted by atomic mass is 35.5. The summed E-state index contributed by atoms with van der Waals surface area (Å²) in [5, 5.41) is 3.23. The predicted octanol–water partition coefficient (Wildman–Crippen LogP) is 5.51. The first kappa shape index (κ1) is 23.4. The second-order valence-electron chi connectivity index (χ2n) is 10.00. The Morgan fingerprint density at radius 2 is 1.85 bits per heavy atom. The Bertz CT molecular complexity index is 1150. The maximum atomic E-state index is 12.9. The molecule has 1 aliphatic heterocycles. The van der Waals surface area contributed by atoms with Crippen molar-refractivity contribution in [3.05, 3.63) is 53.3 Å². The second-order valence-corrected chi connectivity index (χ2v) is 10.00. The van der Waals surface area contributed by atoms with E-state index < -0.39 is 0 Å². The van der Waals surface area contributed by atoms with Gasteiger partial charge in [0, 0.05) is 17.5 Å². The summed E-state index contributed by atoms with van der Waals surface area (Å²) >= 11 is 0. The van der Waals surface area contributed by atoms with Crippen molar-refractivity contribution in [2.45, 2.75) is 63.8 Å². The summed E-state index contributed by atoms with van der Waals surface area (Å²) in [6, 6.07) is 12.0. The smallest absolute Gasteiger partial charge is 0.251 e. The number of imidazole rings is 1. The number of aromatic amines is 1. The zero-order chi connectivity index (χ0) is 22.3. The summed E-state index contributed by atoms with van der Waals surface area (Å²) in [5.74, 6) is 2.63. The number of carbonyl (C=O) groups is 1. The monoisotopic (exact) mass is 469 g/mol. The van der Waals surface area contributed by atoms with Crippen LogP contribution in [0.2, 0.25) is 0 Å². The Morgan fingerprint density at radius 1 is 1.06 bits per heavy atom. The maximum Gasteiger partial charge on any atom is 0.251 e. The van der Waals surface area contributed by atoms with Crippen LogP contribution in [0.25, 0.3) is 11.0 Å². The molecule has 1 amide bonds. The number of rotatable bonds is 3. The highest BCUT2D eigenvalue weighted by Crippen LogP contribution is 2.34. The van der Waals surface area contributed by atoms with Gasteiger partial charge in [-0.2, -0.15) is 0 Å². The number of hydrogen-bond acceptors (Lipinski definition) is 4. The number of nitrogens with zero attached hydrogens (tertiary/aromatic N) is 1. The third-order valence-electron chi connectivity index (χ3n) is 6.57. The van der Waals surface area contributed by atoms with E-state index in [2.05, 4.69) is 49.3 Å². The lowest BCUT2D eigenvalue weighted by Crippen LogP contribution is -2.38. The lowest BCUT2D eigenvalue weighted by Gasteiger charge is -2.29. The van der Waals surface area contributed by atoms with Gasteiger partial charge in [-0.05, 0) is 60.6 Å². The third-order valence-corrected chi connectivity index (χ3v) is 6.57.